The van der Waals surface area contributed by atoms with E-state index >= 15 is 0 Å². The molecule has 2 N–H and O–H groups in total. The predicted molar refractivity (Wildman–Crippen MR) is 72.2 cm³/mol. The largest absolute Gasteiger partial charge is 0.385 e. The van der Waals surface area contributed by atoms with E-state index in [1.165, 1.54) is 5.56 Å². The Hall–Kier alpha value is -2.03. The molecule has 0 saturated carbocycles. The smallest absolute Gasteiger partial charge is 0.0401 e. The molecule has 3 heteroatoms. The van der Waals surface area contributed by atoms with E-state index in [9.17, 15) is 0 Å². The third kappa shape index (κ3) is 3.48. The number of hydrogen-bond donors (Lipinski definition) is 2. The van der Waals surface area contributed by atoms with Crippen LogP contribution in [0.15, 0.2) is 48.8 Å². The molecule has 1 aromatic heterocycles. The van der Waals surface area contributed by atoms with E-state index in [1.807, 2.05) is 24.5 Å². The molecule has 0 aliphatic heterocycles. The van der Waals surface area contributed by atoms with Gasteiger partial charge in [0.1, 0.15) is 0 Å². The fraction of sp³-hybridized carbons (Fsp3) is 0.214. The molecule has 2 aromatic rings. The summed E-state index contributed by atoms with van der Waals surface area (Å²) < 4.78 is 0. The molecule has 1 heterocycles. The standard InChI is InChI=1S/C14H17N3/c1-2-16-13-3-5-14(6-4-13)17-11-12-7-9-15-10-8-12/h3-10,16-17H,2,11H2,1H3. The molecule has 0 atom stereocenters. The van der Waals surface area contributed by atoms with Gasteiger partial charge >= 0.3 is 0 Å². The van der Waals surface area contributed by atoms with E-state index in [2.05, 4.69) is 46.8 Å². The van der Waals surface area contributed by atoms with Crippen molar-refractivity contribution in [2.75, 3.05) is 17.2 Å². The molecule has 0 amide bonds. The fourth-order valence-corrected chi connectivity index (χ4v) is 1.61. The van der Waals surface area contributed by atoms with Crippen LogP contribution in [0.3, 0.4) is 0 Å². The van der Waals surface area contributed by atoms with E-state index in [1.54, 1.807) is 0 Å². The normalized spacial score (nSPS) is 9.94. The average molecular weight is 227 g/mol. The third-order valence-electron chi connectivity index (χ3n) is 2.51. The highest BCUT2D eigenvalue weighted by Gasteiger charge is 1.94. The Morgan fingerprint density at radius 2 is 1.47 bits per heavy atom. The van der Waals surface area contributed by atoms with Crippen LogP contribution < -0.4 is 10.6 Å². The topological polar surface area (TPSA) is 37.0 Å². The van der Waals surface area contributed by atoms with Crippen LogP contribution in [-0.2, 0) is 6.54 Å². The van der Waals surface area contributed by atoms with Gasteiger partial charge in [-0.05, 0) is 48.9 Å². The van der Waals surface area contributed by atoms with Crippen LogP contribution in [0.1, 0.15) is 12.5 Å². The highest BCUT2D eigenvalue weighted by atomic mass is 14.9. The van der Waals surface area contributed by atoms with Gasteiger partial charge in [-0.1, -0.05) is 0 Å². The zero-order valence-corrected chi connectivity index (χ0v) is 9.98. The lowest BCUT2D eigenvalue weighted by Crippen LogP contribution is -2.00. The van der Waals surface area contributed by atoms with E-state index in [0.717, 1.165) is 24.5 Å². The maximum Gasteiger partial charge on any atom is 0.0401 e. The van der Waals surface area contributed by atoms with Gasteiger partial charge in [0.15, 0.2) is 0 Å². The number of benzene rings is 1. The third-order valence-corrected chi connectivity index (χ3v) is 2.51. The van der Waals surface area contributed by atoms with Crippen molar-refractivity contribution < 1.29 is 0 Å². The molecule has 3 nitrogen and oxygen atoms in total. The summed E-state index contributed by atoms with van der Waals surface area (Å²) in [5, 5.41) is 6.65. The fourth-order valence-electron chi connectivity index (χ4n) is 1.61. The van der Waals surface area contributed by atoms with Crippen molar-refractivity contribution in [1.29, 1.82) is 0 Å². The molecule has 0 radical (unpaired) electrons. The molecule has 0 spiro atoms. The SMILES string of the molecule is CCNc1ccc(NCc2ccncc2)cc1. The van der Waals surface area contributed by atoms with Gasteiger partial charge in [-0.15, -0.1) is 0 Å². The lowest BCUT2D eigenvalue weighted by molar-refractivity contribution is 1.13. The van der Waals surface area contributed by atoms with Crippen molar-refractivity contribution in [3.63, 3.8) is 0 Å². The van der Waals surface area contributed by atoms with Crippen molar-refractivity contribution in [3.05, 3.63) is 54.4 Å². The number of pyridine rings is 1. The highest BCUT2D eigenvalue weighted by molar-refractivity contribution is 5.53. The maximum absolute atomic E-state index is 4.00. The van der Waals surface area contributed by atoms with E-state index < -0.39 is 0 Å². The number of anilines is 2. The molecule has 0 unspecified atom stereocenters. The zero-order chi connectivity index (χ0) is 11.9. The molecule has 0 aliphatic carbocycles. The Labute approximate surface area is 102 Å². The van der Waals surface area contributed by atoms with Crippen molar-refractivity contribution in [3.8, 4) is 0 Å². The first-order chi connectivity index (χ1) is 8.38. The zero-order valence-electron chi connectivity index (χ0n) is 9.98. The molecule has 2 rings (SSSR count). The highest BCUT2D eigenvalue weighted by Crippen LogP contribution is 2.14. The van der Waals surface area contributed by atoms with Crippen molar-refractivity contribution >= 4 is 11.4 Å². The first kappa shape index (κ1) is 11.5. The molecule has 88 valence electrons. The minimum absolute atomic E-state index is 0.822. The number of nitrogens with zero attached hydrogens (tertiary/aromatic N) is 1. The Morgan fingerprint density at radius 3 is 2.06 bits per heavy atom. The van der Waals surface area contributed by atoms with Gasteiger partial charge in [-0.2, -0.15) is 0 Å². The number of hydrogen-bond acceptors (Lipinski definition) is 3. The maximum atomic E-state index is 4.00. The second-order valence-corrected chi connectivity index (χ2v) is 3.82. The van der Waals surface area contributed by atoms with Gasteiger partial charge in [0, 0.05) is 36.9 Å². The quantitative estimate of drug-likeness (QED) is 0.824. The lowest BCUT2D eigenvalue weighted by Gasteiger charge is -2.08. The van der Waals surface area contributed by atoms with Crippen LogP contribution >= 0.6 is 0 Å². The summed E-state index contributed by atoms with van der Waals surface area (Å²) in [7, 11) is 0. The van der Waals surface area contributed by atoms with Crippen molar-refractivity contribution in [1.82, 2.24) is 4.98 Å². The number of rotatable bonds is 5. The van der Waals surface area contributed by atoms with Crippen LogP contribution in [0.4, 0.5) is 11.4 Å². The summed E-state index contributed by atoms with van der Waals surface area (Å²) in [5.41, 5.74) is 3.51. The van der Waals surface area contributed by atoms with E-state index in [0.29, 0.717) is 0 Å². The second kappa shape index (κ2) is 5.89. The van der Waals surface area contributed by atoms with Crippen LogP contribution in [0.25, 0.3) is 0 Å². The Kier molecular flexibility index (Phi) is 3.97. The Bertz CT molecular complexity index is 437. The monoisotopic (exact) mass is 227 g/mol. The second-order valence-electron chi connectivity index (χ2n) is 3.82. The molecule has 0 aliphatic rings. The molecule has 0 bridgehead atoms. The Balaban J connectivity index is 1.91. The van der Waals surface area contributed by atoms with Crippen molar-refractivity contribution in [2.45, 2.75) is 13.5 Å². The first-order valence-electron chi connectivity index (χ1n) is 5.85. The molecule has 0 saturated heterocycles. The van der Waals surface area contributed by atoms with Gasteiger partial charge in [-0.25, -0.2) is 0 Å². The molecule has 1 aromatic carbocycles. The minimum Gasteiger partial charge on any atom is -0.385 e. The predicted octanol–water partition coefficient (Wildman–Crippen LogP) is 3.13. The number of nitrogens with one attached hydrogen (secondary N) is 2. The van der Waals surface area contributed by atoms with Crippen LogP contribution in [0.2, 0.25) is 0 Å². The van der Waals surface area contributed by atoms with Gasteiger partial charge in [0.05, 0.1) is 0 Å². The van der Waals surface area contributed by atoms with Gasteiger partial charge in [-0.3, -0.25) is 4.98 Å². The van der Waals surface area contributed by atoms with Gasteiger partial charge in [0.25, 0.3) is 0 Å². The summed E-state index contributed by atoms with van der Waals surface area (Å²) in [6.07, 6.45) is 3.62. The Morgan fingerprint density at radius 1 is 0.882 bits per heavy atom. The number of aromatic nitrogens is 1. The van der Waals surface area contributed by atoms with Crippen molar-refractivity contribution in [2.24, 2.45) is 0 Å². The summed E-state index contributed by atoms with van der Waals surface area (Å²) in [5.74, 6) is 0. The summed E-state index contributed by atoms with van der Waals surface area (Å²) in [6.45, 7) is 3.86. The van der Waals surface area contributed by atoms with Crippen LogP contribution in [0.5, 0.6) is 0 Å². The van der Waals surface area contributed by atoms with Gasteiger partial charge in [0.2, 0.25) is 0 Å². The molecule has 17 heavy (non-hydrogen) atoms. The van der Waals surface area contributed by atoms with Crippen LogP contribution in [0, 0.1) is 0 Å². The first-order valence-corrected chi connectivity index (χ1v) is 5.85. The van der Waals surface area contributed by atoms with E-state index in [4.69, 9.17) is 0 Å². The molecule has 0 fully saturated rings. The lowest BCUT2D eigenvalue weighted by atomic mass is 10.2. The summed E-state index contributed by atoms with van der Waals surface area (Å²) >= 11 is 0. The average Bonchev–Trinajstić information content (AvgIpc) is 2.40. The molecular formula is C14H17N3. The summed E-state index contributed by atoms with van der Waals surface area (Å²) in [6, 6.07) is 12.4. The van der Waals surface area contributed by atoms with E-state index in [-0.39, 0.29) is 0 Å². The minimum atomic E-state index is 0.822. The van der Waals surface area contributed by atoms with Gasteiger partial charge < -0.3 is 10.6 Å². The van der Waals surface area contributed by atoms with Crippen LogP contribution in [-0.4, -0.2) is 11.5 Å². The summed E-state index contributed by atoms with van der Waals surface area (Å²) in [4.78, 5) is 4.00. The molecular weight excluding hydrogens is 210 g/mol.